The molecule has 19 heavy (non-hydrogen) atoms. The fraction of sp³-hybridized carbons (Fsp3) is 0.429. The highest BCUT2D eigenvalue weighted by Crippen LogP contribution is 2.18. The molecule has 0 heterocycles. The Balaban J connectivity index is 2.94. The predicted octanol–water partition coefficient (Wildman–Crippen LogP) is 1.85. The van der Waals surface area contributed by atoms with Crippen LogP contribution in [0.25, 0.3) is 0 Å². The van der Waals surface area contributed by atoms with Gasteiger partial charge >= 0.3 is 5.97 Å². The average molecular weight is 264 g/mol. The second-order valence-corrected chi connectivity index (χ2v) is 4.43. The lowest BCUT2D eigenvalue weighted by Gasteiger charge is -2.14. The highest BCUT2D eigenvalue weighted by Gasteiger charge is 2.17. The smallest absolute Gasteiger partial charge is 0.339 e. The second kappa shape index (κ2) is 6.89. The van der Waals surface area contributed by atoms with E-state index in [9.17, 15) is 9.59 Å². The van der Waals surface area contributed by atoms with Gasteiger partial charge in [0, 0.05) is 0 Å². The van der Waals surface area contributed by atoms with Crippen LogP contribution >= 0.6 is 0 Å². The number of amides is 1. The average Bonchev–Trinajstić information content (AvgIpc) is 2.40. The summed E-state index contributed by atoms with van der Waals surface area (Å²) in [7, 11) is 1.30. The molecule has 1 aromatic rings. The van der Waals surface area contributed by atoms with Crippen LogP contribution in [0.15, 0.2) is 18.2 Å². The molecule has 1 rings (SSSR count). The molecule has 0 aliphatic heterocycles. The Bertz CT molecular complexity index is 472. The summed E-state index contributed by atoms with van der Waals surface area (Å²) < 4.78 is 4.70. The first-order valence-corrected chi connectivity index (χ1v) is 6.25. The van der Waals surface area contributed by atoms with Crippen molar-refractivity contribution >= 4 is 17.6 Å². The zero-order valence-corrected chi connectivity index (χ0v) is 11.5. The van der Waals surface area contributed by atoms with E-state index >= 15 is 0 Å². The summed E-state index contributed by atoms with van der Waals surface area (Å²) >= 11 is 0. The number of benzene rings is 1. The topological polar surface area (TPSA) is 81.4 Å². The van der Waals surface area contributed by atoms with Crippen LogP contribution in [0.5, 0.6) is 0 Å². The van der Waals surface area contributed by atoms with Gasteiger partial charge in [0.25, 0.3) is 0 Å². The van der Waals surface area contributed by atoms with Gasteiger partial charge in [-0.05, 0) is 25.5 Å². The fourth-order valence-electron chi connectivity index (χ4n) is 1.71. The number of nitrogens with one attached hydrogen (secondary N) is 1. The molecule has 5 heteroatoms. The van der Waals surface area contributed by atoms with Crippen molar-refractivity contribution in [1.29, 1.82) is 0 Å². The number of aryl methyl sites for hydroxylation is 1. The molecule has 0 radical (unpaired) electrons. The molecule has 3 N–H and O–H groups in total. The predicted molar refractivity (Wildman–Crippen MR) is 74.0 cm³/mol. The van der Waals surface area contributed by atoms with Crippen molar-refractivity contribution in [2.24, 2.45) is 5.73 Å². The number of methoxy groups -OCH3 is 1. The van der Waals surface area contributed by atoms with Crippen LogP contribution in [0, 0.1) is 6.92 Å². The van der Waals surface area contributed by atoms with E-state index in [1.165, 1.54) is 7.11 Å². The maximum absolute atomic E-state index is 11.9. The molecule has 1 aromatic carbocycles. The van der Waals surface area contributed by atoms with Crippen molar-refractivity contribution in [3.8, 4) is 0 Å². The molecule has 0 aromatic heterocycles. The van der Waals surface area contributed by atoms with Crippen LogP contribution in [0.4, 0.5) is 5.69 Å². The van der Waals surface area contributed by atoms with Gasteiger partial charge in [-0.2, -0.15) is 0 Å². The summed E-state index contributed by atoms with van der Waals surface area (Å²) in [5.41, 5.74) is 7.41. The van der Waals surface area contributed by atoms with Crippen LogP contribution in [0.2, 0.25) is 0 Å². The van der Waals surface area contributed by atoms with Crippen molar-refractivity contribution < 1.29 is 14.3 Å². The Hall–Kier alpha value is -1.88. The van der Waals surface area contributed by atoms with E-state index in [0.717, 1.165) is 12.0 Å². The number of nitrogens with two attached hydrogens (primary N) is 1. The zero-order valence-electron chi connectivity index (χ0n) is 11.5. The molecule has 0 spiro atoms. The number of anilines is 1. The highest BCUT2D eigenvalue weighted by atomic mass is 16.5. The number of carbonyl (C=O) groups is 2. The van der Waals surface area contributed by atoms with Gasteiger partial charge in [0.1, 0.15) is 0 Å². The third kappa shape index (κ3) is 4.06. The number of ether oxygens (including phenoxy) is 1. The largest absolute Gasteiger partial charge is 0.465 e. The lowest BCUT2D eigenvalue weighted by Crippen LogP contribution is -2.35. The van der Waals surface area contributed by atoms with Crippen LogP contribution in [0.3, 0.4) is 0 Å². The van der Waals surface area contributed by atoms with E-state index in [0.29, 0.717) is 17.7 Å². The number of carbonyl (C=O) groups excluding carboxylic acids is 2. The number of hydrogen-bond donors (Lipinski definition) is 2. The quantitative estimate of drug-likeness (QED) is 0.795. The highest BCUT2D eigenvalue weighted by molar-refractivity contribution is 6.02. The van der Waals surface area contributed by atoms with Gasteiger partial charge in [-0.25, -0.2) is 4.79 Å². The minimum absolute atomic E-state index is 0.296. The monoisotopic (exact) mass is 264 g/mol. The Kier molecular flexibility index (Phi) is 5.51. The Morgan fingerprint density at radius 2 is 2.11 bits per heavy atom. The number of hydrogen-bond acceptors (Lipinski definition) is 4. The first-order valence-electron chi connectivity index (χ1n) is 6.25. The van der Waals surface area contributed by atoms with Gasteiger partial charge in [0.05, 0.1) is 24.4 Å². The van der Waals surface area contributed by atoms with E-state index in [1.54, 1.807) is 12.1 Å². The van der Waals surface area contributed by atoms with E-state index in [2.05, 4.69) is 5.32 Å². The maximum Gasteiger partial charge on any atom is 0.339 e. The fourth-order valence-corrected chi connectivity index (χ4v) is 1.71. The maximum atomic E-state index is 11.9. The second-order valence-electron chi connectivity index (χ2n) is 4.43. The third-order valence-electron chi connectivity index (χ3n) is 2.77. The molecule has 0 bridgehead atoms. The Morgan fingerprint density at radius 3 is 2.68 bits per heavy atom. The van der Waals surface area contributed by atoms with Crippen LogP contribution in [-0.2, 0) is 9.53 Å². The van der Waals surface area contributed by atoms with Crippen molar-refractivity contribution in [3.63, 3.8) is 0 Å². The summed E-state index contributed by atoms with van der Waals surface area (Å²) in [6.45, 7) is 3.82. The molecule has 0 saturated carbocycles. The molecule has 1 amide bonds. The van der Waals surface area contributed by atoms with E-state index in [-0.39, 0.29) is 5.91 Å². The van der Waals surface area contributed by atoms with Gasteiger partial charge in [-0.1, -0.05) is 25.0 Å². The molecule has 0 saturated heterocycles. The molecular weight excluding hydrogens is 244 g/mol. The van der Waals surface area contributed by atoms with Crippen LogP contribution < -0.4 is 11.1 Å². The van der Waals surface area contributed by atoms with Crippen molar-refractivity contribution in [2.75, 3.05) is 12.4 Å². The number of rotatable bonds is 5. The molecule has 0 unspecified atom stereocenters. The van der Waals surface area contributed by atoms with Crippen molar-refractivity contribution in [1.82, 2.24) is 0 Å². The minimum Gasteiger partial charge on any atom is -0.465 e. The normalized spacial score (nSPS) is 11.8. The summed E-state index contributed by atoms with van der Waals surface area (Å²) in [5, 5.41) is 2.67. The third-order valence-corrected chi connectivity index (χ3v) is 2.77. The summed E-state index contributed by atoms with van der Waals surface area (Å²) in [5.74, 6) is -0.779. The van der Waals surface area contributed by atoms with Gasteiger partial charge in [-0.3, -0.25) is 4.79 Å². The molecular formula is C14H20N2O3. The van der Waals surface area contributed by atoms with Gasteiger partial charge in [0.15, 0.2) is 0 Å². The lowest BCUT2D eigenvalue weighted by molar-refractivity contribution is -0.117. The SMILES string of the molecule is CCC[C@H](N)C(=O)Nc1ccc(C)cc1C(=O)OC. The van der Waals surface area contributed by atoms with E-state index < -0.39 is 12.0 Å². The van der Waals surface area contributed by atoms with Crippen molar-refractivity contribution in [2.45, 2.75) is 32.7 Å². The zero-order chi connectivity index (χ0) is 14.4. The van der Waals surface area contributed by atoms with E-state index in [1.807, 2.05) is 19.9 Å². The Morgan fingerprint density at radius 1 is 1.42 bits per heavy atom. The van der Waals surface area contributed by atoms with Crippen LogP contribution in [-0.4, -0.2) is 25.0 Å². The lowest BCUT2D eigenvalue weighted by atomic mass is 10.1. The molecule has 104 valence electrons. The van der Waals surface area contributed by atoms with Gasteiger partial charge in [-0.15, -0.1) is 0 Å². The van der Waals surface area contributed by atoms with Crippen molar-refractivity contribution in [3.05, 3.63) is 29.3 Å². The summed E-state index contributed by atoms with van der Waals surface area (Å²) in [6.07, 6.45) is 1.43. The summed E-state index contributed by atoms with van der Waals surface area (Å²) in [6, 6.07) is 4.59. The molecule has 0 aliphatic carbocycles. The minimum atomic E-state index is -0.572. The molecule has 0 fully saturated rings. The summed E-state index contributed by atoms with van der Waals surface area (Å²) in [4.78, 5) is 23.5. The standard InChI is InChI=1S/C14H20N2O3/c1-4-5-11(15)13(17)16-12-7-6-9(2)8-10(12)14(18)19-3/h6-8,11H,4-5,15H2,1-3H3,(H,16,17)/t11-/m0/s1. The Labute approximate surface area is 113 Å². The first kappa shape index (κ1) is 15.2. The van der Waals surface area contributed by atoms with Gasteiger partial charge < -0.3 is 15.8 Å². The number of esters is 1. The van der Waals surface area contributed by atoms with Crippen LogP contribution in [0.1, 0.15) is 35.7 Å². The first-order chi connectivity index (χ1) is 8.99. The van der Waals surface area contributed by atoms with E-state index in [4.69, 9.17) is 10.5 Å². The van der Waals surface area contributed by atoms with Gasteiger partial charge in [0.2, 0.25) is 5.91 Å². The molecule has 5 nitrogen and oxygen atoms in total. The molecule has 0 aliphatic rings. The molecule has 1 atom stereocenters.